The van der Waals surface area contributed by atoms with Gasteiger partial charge in [-0.05, 0) is 45.0 Å². The minimum Gasteiger partial charge on any atom is -0.492 e. The molecule has 2 aromatic rings. The van der Waals surface area contributed by atoms with Crippen molar-refractivity contribution in [1.29, 1.82) is 0 Å². The Morgan fingerprint density at radius 1 is 1.30 bits per heavy atom. The van der Waals surface area contributed by atoms with Crippen LogP contribution >= 0.6 is 27.3 Å². The molecule has 1 aromatic carbocycles. The largest absolute Gasteiger partial charge is 0.492 e. The summed E-state index contributed by atoms with van der Waals surface area (Å²) in [4.78, 5) is 5.77. The summed E-state index contributed by atoms with van der Waals surface area (Å²) in [5, 5.41) is 4.59. The third-order valence-corrected chi connectivity index (χ3v) is 4.75. The number of hydrogen-bond acceptors (Lipinski definition) is 4. The highest BCUT2D eigenvalue weighted by molar-refractivity contribution is 9.10. The average Bonchev–Trinajstić information content (AvgIpc) is 2.75. The Labute approximate surface area is 132 Å². The van der Waals surface area contributed by atoms with Crippen molar-refractivity contribution in [3.8, 4) is 5.75 Å². The molecule has 0 aliphatic heterocycles. The molecule has 108 valence electrons. The Kier molecular flexibility index (Phi) is 5.57. The minimum atomic E-state index is 0.315. The van der Waals surface area contributed by atoms with Crippen molar-refractivity contribution in [2.24, 2.45) is 0 Å². The molecule has 5 heteroatoms. The molecule has 1 heterocycles. The second kappa shape index (κ2) is 7.20. The SMILES string of the molecule is Cc1nc(C)c(C(C)NCCOc2ccc(Br)cc2)s1. The molecule has 0 saturated carbocycles. The predicted molar refractivity (Wildman–Crippen MR) is 87.6 cm³/mol. The van der Waals surface area contributed by atoms with E-state index in [2.05, 4.69) is 40.1 Å². The monoisotopic (exact) mass is 354 g/mol. The van der Waals surface area contributed by atoms with E-state index in [0.29, 0.717) is 12.6 Å². The van der Waals surface area contributed by atoms with Gasteiger partial charge in [-0.3, -0.25) is 0 Å². The molecule has 0 amide bonds. The maximum absolute atomic E-state index is 5.69. The number of benzene rings is 1. The Morgan fingerprint density at radius 3 is 2.60 bits per heavy atom. The van der Waals surface area contributed by atoms with Crippen LogP contribution in [0.2, 0.25) is 0 Å². The van der Waals surface area contributed by atoms with Gasteiger partial charge in [0.2, 0.25) is 0 Å². The summed E-state index contributed by atoms with van der Waals surface area (Å²) in [6.45, 7) is 7.75. The van der Waals surface area contributed by atoms with E-state index in [0.717, 1.165) is 27.5 Å². The fourth-order valence-corrected chi connectivity index (χ4v) is 3.24. The molecule has 0 spiro atoms. The second-order valence-electron chi connectivity index (χ2n) is 4.66. The topological polar surface area (TPSA) is 34.2 Å². The molecule has 0 aliphatic carbocycles. The van der Waals surface area contributed by atoms with Crippen molar-refractivity contribution in [2.45, 2.75) is 26.8 Å². The Hall–Kier alpha value is -0.910. The molecule has 0 aliphatic rings. The molecule has 0 fully saturated rings. The van der Waals surface area contributed by atoms with Crippen LogP contribution in [0.25, 0.3) is 0 Å². The zero-order valence-electron chi connectivity index (χ0n) is 11.9. The van der Waals surface area contributed by atoms with Gasteiger partial charge in [0.25, 0.3) is 0 Å². The normalized spacial score (nSPS) is 12.4. The molecular formula is C15H19BrN2OS. The van der Waals surface area contributed by atoms with Crippen LogP contribution in [0.1, 0.15) is 28.5 Å². The molecule has 0 radical (unpaired) electrons. The van der Waals surface area contributed by atoms with E-state index in [1.54, 1.807) is 11.3 Å². The van der Waals surface area contributed by atoms with Gasteiger partial charge in [0.05, 0.1) is 10.7 Å². The highest BCUT2D eigenvalue weighted by Crippen LogP contribution is 2.24. The molecule has 3 nitrogen and oxygen atoms in total. The minimum absolute atomic E-state index is 0.315. The maximum Gasteiger partial charge on any atom is 0.119 e. The fourth-order valence-electron chi connectivity index (χ4n) is 2.02. The lowest BCUT2D eigenvalue weighted by molar-refractivity contribution is 0.308. The zero-order chi connectivity index (χ0) is 14.5. The highest BCUT2D eigenvalue weighted by Gasteiger charge is 2.11. The molecule has 1 aromatic heterocycles. The van der Waals surface area contributed by atoms with Crippen LogP contribution in [-0.2, 0) is 0 Å². The molecule has 0 bridgehead atoms. The van der Waals surface area contributed by atoms with Crippen LogP contribution in [0, 0.1) is 13.8 Å². The number of nitrogens with zero attached hydrogens (tertiary/aromatic N) is 1. The van der Waals surface area contributed by atoms with E-state index in [4.69, 9.17) is 4.74 Å². The van der Waals surface area contributed by atoms with Gasteiger partial charge in [-0.15, -0.1) is 11.3 Å². The number of nitrogens with one attached hydrogen (secondary N) is 1. The third-order valence-electron chi connectivity index (χ3n) is 2.97. The quantitative estimate of drug-likeness (QED) is 0.787. The third kappa shape index (κ3) is 4.30. The van der Waals surface area contributed by atoms with Crippen LogP contribution in [0.4, 0.5) is 0 Å². The van der Waals surface area contributed by atoms with E-state index in [1.165, 1.54) is 4.88 Å². The summed E-state index contributed by atoms with van der Waals surface area (Å²) in [5.74, 6) is 0.896. The number of ether oxygens (including phenoxy) is 1. The first kappa shape index (κ1) is 15.5. The lowest BCUT2D eigenvalue weighted by Crippen LogP contribution is -2.24. The maximum atomic E-state index is 5.69. The van der Waals surface area contributed by atoms with E-state index in [-0.39, 0.29) is 0 Å². The highest BCUT2D eigenvalue weighted by atomic mass is 79.9. The second-order valence-corrected chi connectivity index (χ2v) is 6.81. The van der Waals surface area contributed by atoms with Crippen LogP contribution in [0.5, 0.6) is 5.75 Å². The first-order valence-electron chi connectivity index (χ1n) is 6.62. The summed E-state index contributed by atoms with van der Waals surface area (Å²) >= 11 is 5.17. The van der Waals surface area contributed by atoms with Gasteiger partial charge in [0, 0.05) is 21.9 Å². The molecule has 20 heavy (non-hydrogen) atoms. The fraction of sp³-hybridized carbons (Fsp3) is 0.400. The van der Waals surface area contributed by atoms with Crippen molar-refractivity contribution in [3.05, 3.63) is 44.3 Å². The van der Waals surface area contributed by atoms with Gasteiger partial charge < -0.3 is 10.1 Å². The summed E-state index contributed by atoms with van der Waals surface area (Å²) < 4.78 is 6.75. The molecule has 1 N–H and O–H groups in total. The van der Waals surface area contributed by atoms with Gasteiger partial charge in [-0.1, -0.05) is 15.9 Å². The lowest BCUT2D eigenvalue weighted by atomic mass is 10.2. The number of rotatable bonds is 6. The average molecular weight is 355 g/mol. The predicted octanol–water partition coefficient (Wildman–Crippen LogP) is 4.25. The van der Waals surface area contributed by atoms with E-state index >= 15 is 0 Å². The van der Waals surface area contributed by atoms with Crippen molar-refractivity contribution in [1.82, 2.24) is 10.3 Å². The van der Waals surface area contributed by atoms with Crippen LogP contribution < -0.4 is 10.1 Å². The van der Waals surface area contributed by atoms with Gasteiger partial charge in [-0.2, -0.15) is 0 Å². The van der Waals surface area contributed by atoms with Gasteiger partial charge in [0.1, 0.15) is 12.4 Å². The molecule has 1 unspecified atom stereocenters. The van der Waals surface area contributed by atoms with Crippen molar-refractivity contribution in [3.63, 3.8) is 0 Å². The van der Waals surface area contributed by atoms with Crippen molar-refractivity contribution >= 4 is 27.3 Å². The molecule has 1 atom stereocenters. The Morgan fingerprint density at radius 2 is 2.00 bits per heavy atom. The van der Waals surface area contributed by atoms with Crippen LogP contribution in [0.3, 0.4) is 0 Å². The van der Waals surface area contributed by atoms with Crippen LogP contribution in [-0.4, -0.2) is 18.1 Å². The molecular weight excluding hydrogens is 336 g/mol. The van der Waals surface area contributed by atoms with Gasteiger partial charge >= 0.3 is 0 Å². The van der Waals surface area contributed by atoms with Crippen molar-refractivity contribution in [2.75, 3.05) is 13.2 Å². The van der Waals surface area contributed by atoms with Gasteiger partial charge in [0.15, 0.2) is 0 Å². The first-order chi connectivity index (χ1) is 9.56. The smallest absolute Gasteiger partial charge is 0.119 e. The Bertz CT molecular complexity index is 554. The van der Waals surface area contributed by atoms with Crippen molar-refractivity contribution < 1.29 is 4.74 Å². The molecule has 0 saturated heterocycles. The summed E-state index contributed by atoms with van der Waals surface area (Å²) in [7, 11) is 0. The summed E-state index contributed by atoms with van der Waals surface area (Å²) in [5.41, 5.74) is 1.13. The number of aryl methyl sites for hydroxylation is 2. The van der Waals surface area contributed by atoms with Crippen LogP contribution in [0.15, 0.2) is 28.7 Å². The van der Waals surface area contributed by atoms with E-state index in [9.17, 15) is 0 Å². The number of thiazole rings is 1. The number of aromatic nitrogens is 1. The summed E-state index contributed by atoms with van der Waals surface area (Å²) in [6, 6.07) is 8.20. The van der Waals surface area contributed by atoms with E-state index < -0.39 is 0 Å². The summed E-state index contributed by atoms with van der Waals surface area (Å²) in [6.07, 6.45) is 0. The Balaban J connectivity index is 1.75. The van der Waals surface area contributed by atoms with Gasteiger partial charge in [-0.25, -0.2) is 4.98 Å². The zero-order valence-corrected chi connectivity index (χ0v) is 14.3. The standard InChI is InChI=1S/C15H19BrN2OS/c1-10(15-11(2)18-12(3)20-15)17-8-9-19-14-6-4-13(16)5-7-14/h4-7,10,17H,8-9H2,1-3H3. The first-order valence-corrected chi connectivity index (χ1v) is 8.23. The lowest BCUT2D eigenvalue weighted by Gasteiger charge is -2.13. The number of halogens is 1. The number of hydrogen-bond donors (Lipinski definition) is 1. The van der Waals surface area contributed by atoms with E-state index in [1.807, 2.05) is 31.2 Å². The molecule has 2 rings (SSSR count).